The van der Waals surface area contributed by atoms with Crippen LogP contribution in [0, 0.1) is 17.5 Å². The minimum absolute atomic E-state index is 0.0562. The normalized spacial score (nSPS) is 11.4. The van der Waals surface area contributed by atoms with Crippen molar-refractivity contribution in [3.63, 3.8) is 0 Å². The van der Waals surface area contributed by atoms with Gasteiger partial charge in [0.15, 0.2) is 6.61 Å². The Morgan fingerprint density at radius 2 is 1.85 bits per heavy atom. The number of ether oxygens (including phenoxy) is 1. The average Bonchev–Trinajstić information content (AvgIpc) is 3.16. The first-order chi connectivity index (χ1) is 16.0. The molecule has 34 heavy (non-hydrogen) atoms. The number of rotatable bonds is 9. The molecule has 0 aliphatic carbocycles. The Balaban J connectivity index is 1.84. The van der Waals surface area contributed by atoms with Crippen molar-refractivity contribution < 1.29 is 35.5 Å². The summed E-state index contributed by atoms with van der Waals surface area (Å²) in [6.07, 6.45) is 0.183. The van der Waals surface area contributed by atoms with Gasteiger partial charge >= 0.3 is 6.01 Å². The van der Waals surface area contributed by atoms with E-state index in [1.54, 1.807) is 6.92 Å². The number of aromatic nitrogens is 2. The standard InChI is InChI=1S/C20H20F3N5O5S/c1-2-14-16(23)5-12(21)6-17(14)32-10-19(29)28(9-18-26-27-20(24)33-18)8-11-3-4-13(7-15(11)22)34(25,30)31/h3-7H,2,8-10H2,1H3,(H2,24,27)(H2,25,30,31). The Morgan fingerprint density at radius 1 is 1.12 bits per heavy atom. The van der Waals surface area contributed by atoms with Gasteiger partial charge in [0.05, 0.1) is 11.4 Å². The third-order valence-electron chi connectivity index (χ3n) is 4.70. The highest BCUT2D eigenvalue weighted by molar-refractivity contribution is 7.89. The maximum absolute atomic E-state index is 14.5. The molecule has 182 valence electrons. The number of hydrogen-bond donors (Lipinski definition) is 2. The molecule has 0 aliphatic heterocycles. The van der Waals surface area contributed by atoms with Gasteiger partial charge in [-0.05, 0) is 18.6 Å². The number of nitrogen functional groups attached to an aromatic ring is 1. The molecule has 0 radical (unpaired) electrons. The zero-order chi connectivity index (χ0) is 25.0. The molecule has 0 saturated carbocycles. The molecule has 3 rings (SSSR count). The second-order valence-corrected chi connectivity index (χ2v) is 8.65. The molecule has 3 aromatic rings. The fourth-order valence-electron chi connectivity index (χ4n) is 3.05. The van der Waals surface area contributed by atoms with E-state index in [9.17, 15) is 26.4 Å². The van der Waals surface area contributed by atoms with E-state index < -0.39 is 44.9 Å². The van der Waals surface area contributed by atoms with Crippen LogP contribution >= 0.6 is 0 Å². The predicted octanol–water partition coefficient (Wildman–Crippen LogP) is 1.89. The summed E-state index contributed by atoms with van der Waals surface area (Å²) in [5.41, 5.74) is 5.41. The van der Waals surface area contributed by atoms with Crippen molar-refractivity contribution in [1.82, 2.24) is 15.1 Å². The van der Waals surface area contributed by atoms with Crippen molar-refractivity contribution in [3.8, 4) is 5.75 Å². The topological polar surface area (TPSA) is 155 Å². The van der Waals surface area contributed by atoms with Crippen LogP contribution in [-0.2, 0) is 34.3 Å². The number of carbonyl (C=O) groups is 1. The molecule has 0 unspecified atom stereocenters. The molecular weight excluding hydrogens is 479 g/mol. The summed E-state index contributed by atoms with van der Waals surface area (Å²) < 4.78 is 75.4. The molecule has 1 heterocycles. The zero-order valence-corrected chi connectivity index (χ0v) is 18.6. The lowest BCUT2D eigenvalue weighted by Crippen LogP contribution is -2.34. The number of nitrogens with two attached hydrogens (primary N) is 2. The van der Waals surface area contributed by atoms with Crippen molar-refractivity contribution in [2.75, 3.05) is 12.3 Å². The summed E-state index contributed by atoms with van der Waals surface area (Å²) >= 11 is 0. The minimum atomic E-state index is -4.13. The van der Waals surface area contributed by atoms with Crippen molar-refractivity contribution >= 4 is 21.9 Å². The highest BCUT2D eigenvalue weighted by Gasteiger charge is 2.22. The quantitative estimate of drug-likeness (QED) is 0.452. The summed E-state index contributed by atoms with van der Waals surface area (Å²) in [6.45, 7) is 0.307. The van der Waals surface area contributed by atoms with Crippen molar-refractivity contribution in [1.29, 1.82) is 0 Å². The van der Waals surface area contributed by atoms with Gasteiger partial charge in [-0.2, -0.15) is 0 Å². The van der Waals surface area contributed by atoms with E-state index in [-0.39, 0.29) is 48.3 Å². The highest BCUT2D eigenvalue weighted by atomic mass is 32.2. The third-order valence-corrected chi connectivity index (χ3v) is 5.61. The average molecular weight is 499 g/mol. The van der Waals surface area contributed by atoms with Gasteiger partial charge < -0.3 is 19.8 Å². The number of primary sulfonamides is 1. The van der Waals surface area contributed by atoms with Crippen LogP contribution in [0.1, 0.15) is 23.9 Å². The van der Waals surface area contributed by atoms with Gasteiger partial charge in [-0.15, -0.1) is 5.10 Å². The summed E-state index contributed by atoms with van der Waals surface area (Å²) in [5, 5.41) is 12.1. The van der Waals surface area contributed by atoms with Crippen LogP contribution in [0.5, 0.6) is 5.75 Å². The molecule has 0 saturated heterocycles. The molecule has 10 nitrogen and oxygen atoms in total. The molecule has 1 amide bonds. The molecule has 14 heteroatoms. The van der Waals surface area contributed by atoms with Crippen LogP contribution in [-0.4, -0.2) is 36.0 Å². The maximum atomic E-state index is 14.5. The first-order valence-corrected chi connectivity index (χ1v) is 11.3. The summed E-state index contributed by atoms with van der Waals surface area (Å²) in [7, 11) is -4.13. The van der Waals surface area contributed by atoms with Crippen LogP contribution in [0.3, 0.4) is 0 Å². The third kappa shape index (κ3) is 6.02. The Hall–Kier alpha value is -3.65. The lowest BCUT2D eigenvalue weighted by molar-refractivity contribution is -0.135. The van der Waals surface area contributed by atoms with Gasteiger partial charge in [0.1, 0.15) is 23.2 Å². The number of halogens is 3. The van der Waals surface area contributed by atoms with E-state index in [0.29, 0.717) is 6.07 Å². The van der Waals surface area contributed by atoms with Gasteiger partial charge in [-0.25, -0.2) is 26.7 Å². The summed E-state index contributed by atoms with van der Waals surface area (Å²) in [6, 6.07) is 4.34. The molecule has 0 spiro atoms. The highest BCUT2D eigenvalue weighted by Crippen LogP contribution is 2.24. The number of carbonyl (C=O) groups excluding carboxylic acids is 1. The van der Waals surface area contributed by atoms with Crippen LogP contribution in [0.25, 0.3) is 0 Å². The van der Waals surface area contributed by atoms with Crippen LogP contribution in [0.15, 0.2) is 39.6 Å². The molecule has 0 atom stereocenters. The number of nitrogens with zero attached hydrogens (tertiary/aromatic N) is 3. The van der Waals surface area contributed by atoms with E-state index in [0.717, 1.165) is 29.2 Å². The fourth-order valence-corrected chi connectivity index (χ4v) is 3.57. The Bertz CT molecular complexity index is 1320. The predicted molar refractivity (Wildman–Crippen MR) is 112 cm³/mol. The number of sulfonamides is 1. The second-order valence-electron chi connectivity index (χ2n) is 7.09. The second kappa shape index (κ2) is 10.1. The van der Waals surface area contributed by atoms with E-state index in [1.165, 1.54) is 0 Å². The molecular formula is C20H20F3N5O5S. The first-order valence-electron chi connectivity index (χ1n) is 9.75. The van der Waals surface area contributed by atoms with Crippen LogP contribution in [0.2, 0.25) is 0 Å². The largest absolute Gasteiger partial charge is 0.483 e. The number of benzene rings is 2. The molecule has 0 fully saturated rings. The molecule has 4 N–H and O–H groups in total. The molecule has 0 bridgehead atoms. The fraction of sp³-hybridized carbons (Fsp3) is 0.250. The van der Waals surface area contributed by atoms with E-state index in [1.807, 2.05) is 0 Å². The summed E-state index contributed by atoms with van der Waals surface area (Å²) in [5.74, 6) is -3.58. The van der Waals surface area contributed by atoms with Crippen molar-refractivity contribution in [2.45, 2.75) is 31.3 Å². The number of anilines is 1. The van der Waals surface area contributed by atoms with Gasteiger partial charge in [0.2, 0.25) is 15.9 Å². The lowest BCUT2D eigenvalue weighted by atomic mass is 10.1. The zero-order valence-electron chi connectivity index (χ0n) is 17.8. The van der Waals surface area contributed by atoms with E-state index in [2.05, 4.69) is 10.2 Å². The summed E-state index contributed by atoms with van der Waals surface area (Å²) in [4.78, 5) is 13.5. The smallest absolute Gasteiger partial charge is 0.312 e. The van der Waals surface area contributed by atoms with Gasteiger partial charge in [-0.1, -0.05) is 18.1 Å². The Morgan fingerprint density at radius 3 is 2.44 bits per heavy atom. The Labute approximate surface area is 192 Å². The van der Waals surface area contributed by atoms with Crippen molar-refractivity contribution in [2.24, 2.45) is 5.14 Å². The van der Waals surface area contributed by atoms with Crippen molar-refractivity contribution in [3.05, 3.63) is 64.8 Å². The minimum Gasteiger partial charge on any atom is -0.483 e. The van der Waals surface area contributed by atoms with E-state index in [4.69, 9.17) is 20.0 Å². The number of amides is 1. The van der Waals surface area contributed by atoms with E-state index >= 15 is 0 Å². The monoisotopic (exact) mass is 499 g/mol. The van der Waals surface area contributed by atoms with Crippen LogP contribution in [0.4, 0.5) is 19.2 Å². The SMILES string of the molecule is CCc1c(F)cc(F)cc1OCC(=O)N(Cc1nnc(N)o1)Cc1ccc(S(N)(=O)=O)cc1F. The maximum Gasteiger partial charge on any atom is 0.312 e. The number of hydrogen-bond acceptors (Lipinski definition) is 8. The lowest BCUT2D eigenvalue weighted by Gasteiger charge is -2.22. The molecule has 2 aromatic carbocycles. The van der Waals surface area contributed by atoms with Gasteiger partial charge in [0.25, 0.3) is 5.91 Å². The first kappa shape index (κ1) is 25.0. The molecule has 0 aliphatic rings. The molecule has 1 aromatic heterocycles. The van der Waals surface area contributed by atoms with Gasteiger partial charge in [-0.3, -0.25) is 4.79 Å². The van der Waals surface area contributed by atoms with Gasteiger partial charge in [0, 0.05) is 29.8 Å². The Kier molecular flexibility index (Phi) is 7.41. The van der Waals surface area contributed by atoms with Crippen LogP contribution < -0.4 is 15.6 Å².